The van der Waals surface area contributed by atoms with Crippen LogP contribution in [-0.2, 0) is 26.2 Å². The topological polar surface area (TPSA) is 81.7 Å². The molecule has 0 aliphatic rings. The zero-order chi connectivity index (χ0) is 25.5. The number of carbonyl (C=O) groups is 1. The predicted octanol–water partition coefficient (Wildman–Crippen LogP) is 5.37. The van der Waals surface area contributed by atoms with Crippen molar-refractivity contribution < 1.29 is 22.1 Å². The fourth-order valence-electron chi connectivity index (χ4n) is 3.55. The monoisotopic (exact) mass is 495 g/mol. The highest BCUT2D eigenvalue weighted by molar-refractivity contribution is 7.87. The van der Waals surface area contributed by atoms with E-state index in [2.05, 4.69) is 5.32 Å². The van der Waals surface area contributed by atoms with Gasteiger partial charge in [-0.15, -0.1) is 0 Å². The molecule has 35 heavy (non-hydrogen) atoms. The summed E-state index contributed by atoms with van der Waals surface area (Å²) in [7, 11) is -3.93. The molecule has 0 aromatic heterocycles. The Kier molecular flexibility index (Phi) is 8.70. The van der Waals surface area contributed by atoms with Gasteiger partial charge in [0.15, 0.2) is 0 Å². The van der Waals surface area contributed by atoms with Crippen molar-refractivity contribution in [3.63, 3.8) is 0 Å². The standard InChI is InChI=1S/C28H33NO5S/c1-21-10-16-26(17-11-21)35(31,32)34-25-14-12-23(13-15-25)24(18-27(30)33-28(2,3)4)20-29-19-22-8-6-5-7-9-22/h5-17,24,29H,18-20H2,1-4H3. The van der Waals surface area contributed by atoms with Crippen LogP contribution in [0.2, 0.25) is 0 Å². The fourth-order valence-corrected chi connectivity index (χ4v) is 4.48. The summed E-state index contributed by atoms with van der Waals surface area (Å²) < 4.78 is 36.0. The lowest BCUT2D eigenvalue weighted by atomic mass is 9.95. The first-order valence-corrected chi connectivity index (χ1v) is 13.0. The first-order valence-electron chi connectivity index (χ1n) is 11.6. The molecular weight excluding hydrogens is 462 g/mol. The average Bonchev–Trinajstić information content (AvgIpc) is 2.78. The molecule has 1 unspecified atom stereocenters. The smallest absolute Gasteiger partial charge is 0.339 e. The Hall–Kier alpha value is -3.16. The summed E-state index contributed by atoms with van der Waals surface area (Å²) in [4.78, 5) is 12.7. The van der Waals surface area contributed by atoms with Gasteiger partial charge in [-0.1, -0.05) is 60.2 Å². The molecular formula is C28H33NO5S. The Morgan fingerprint density at radius 1 is 0.914 bits per heavy atom. The van der Waals surface area contributed by atoms with Crippen LogP contribution in [0.1, 0.15) is 49.8 Å². The molecule has 0 aliphatic heterocycles. The molecule has 0 radical (unpaired) electrons. The number of hydrogen-bond acceptors (Lipinski definition) is 6. The van der Waals surface area contributed by atoms with Crippen molar-refractivity contribution in [2.45, 2.75) is 57.1 Å². The summed E-state index contributed by atoms with van der Waals surface area (Å²) in [5.74, 6) is -0.231. The molecule has 0 saturated carbocycles. The molecule has 0 heterocycles. The van der Waals surface area contributed by atoms with E-state index in [1.165, 1.54) is 12.1 Å². The van der Waals surface area contributed by atoms with Crippen LogP contribution in [0.25, 0.3) is 0 Å². The first-order chi connectivity index (χ1) is 16.5. The normalized spacial score (nSPS) is 12.7. The van der Waals surface area contributed by atoms with Crippen LogP contribution in [0.15, 0.2) is 83.8 Å². The number of ether oxygens (including phenoxy) is 1. The predicted molar refractivity (Wildman–Crippen MR) is 137 cm³/mol. The maximum absolute atomic E-state index is 12.6. The highest BCUT2D eigenvalue weighted by atomic mass is 32.2. The molecule has 1 N–H and O–H groups in total. The average molecular weight is 496 g/mol. The highest BCUT2D eigenvalue weighted by Gasteiger charge is 2.22. The third-order valence-corrected chi connectivity index (χ3v) is 6.52. The van der Waals surface area contributed by atoms with Gasteiger partial charge < -0.3 is 14.2 Å². The minimum absolute atomic E-state index is 0.0973. The van der Waals surface area contributed by atoms with E-state index in [-0.39, 0.29) is 29.0 Å². The van der Waals surface area contributed by atoms with Crippen molar-refractivity contribution in [3.8, 4) is 5.75 Å². The third-order valence-electron chi connectivity index (χ3n) is 5.26. The zero-order valence-corrected chi connectivity index (χ0v) is 21.5. The van der Waals surface area contributed by atoms with Gasteiger partial charge in [0.25, 0.3) is 0 Å². The van der Waals surface area contributed by atoms with Gasteiger partial charge in [0.05, 0.1) is 6.42 Å². The number of carbonyl (C=O) groups excluding carboxylic acids is 1. The summed E-state index contributed by atoms with van der Waals surface area (Å²) in [6.07, 6.45) is 0.195. The number of nitrogens with one attached hydrogen (secondary N) is 1. The number of hydrogen-bond donors (Lipinski definition) is 1. The van der Waals surface area contributed by atoms with Crippen LogP contribution in [0.5, 0.6) is 5.75 Å². The molecule has 3 aromatic carbocycles. The van der Waals surface area contributed by atoms with E-state index in [1.54, 1.807) is 36.4 Å². The van der Waals surface area contributed by atoms with Crippen molar-refractivity contribution in [2.75, 3.05) is 6.54 Å². The lowest BCUT2D eigenvalue weighted by Gasteiger charge is -2.23. The Morgan fingerprint density at radius 2 is 1.54 bits per heavy atom. The Balaban J connectivity index is 1.72. The third kappa shape index (κ3) is 8.53. The summed E-state index contributed by atoms with van der Waals surface area (Å²) in [5.41, 5.74) is 2.43. The summed E-state index contributed by atoms with van der Waals surface area (Å²) in [5, 5.41) is 3.41. The second kappa shape index (κ2) is 11.5. The van der Waals surface area contributed by atoms with E-state index < -0.39 is 15.7 Å². The van der Waals surface area contributed by atoms with Crippen LogP contribution >= 0.6 is 0 Å². The van der Waals surface area contributed by atoms with Gasteiger partial charge >= 0.3 is 16.1 Å². The van der Waals surface area contributed by atoms with Crippen molar-refractivity contribution in [1.82, 2.24) is 5.32 Å². The van der Waals surface area contributed by atoms with Crippen molar-refractivity contribution in [1.29, 1.82) is 0 Å². The minimum atomic E-state index is -3.93. The maximum atomic E-state index is 12.6. The SMILES string of the molecule is Cc1ccc(S(=O)(=O)Oc2ccc(C(CNCc3ccccc3)CC(=O)OC(C)(C)C)cc2)cc1. The fraction of sp³-hybridized carbons (Fsp3) is 0.321. The number of esters is 1. The van der Waals surface area contributed by atoms with E-state index in [0.29, 0.717) is 13.1 Å². The Bertz CT molecular complexity index is 1200. The van der Waals surface area contributed by atoms with E-state index in [1.807, 2.05) is 58.0 Å². The first kappa shape index (κ1) is 26.4. The van der Waals surface area contributed by atoms with Crippen molar-refractivity contribution >= 4 is 16.1 Å². The van der Waals surface area contributed by atoms with Gasteiger partial charge in [-0.2, -0.15) is 8.42 Å². The van der Waals surface area contributed by atoms with Gasteiger partial charge in [0, 0.05) is 19.0 Å². The minimum Gasteiger partial charge on any atom is -0.460 e. The molecule has 186 valence electrons. The Morgan fingerprint density at radius 3 is 2.14 bits per heavy atom. The lowest BCUT2D eigenvalue weighted by molar-refractivity contribution is -0.155. The molecule has 0 aliphatic carbocycles. The molecule has 3 aromatic rings. The lowest BCUT2D eigenvalue weighted by Crippen LogP contribution is -2.28. The largest absolute Gasteiger partial charge is 0.460 e. The van der Waals surface area contributed by atoms with Crippen LogP contribution < -0.4 is 9.50 Å². The summed E-state index contributed by atoms with van der Waals surface area (Å²) in [6.45, 7) is 8.63. The molecule has 0 saturated heterocycles. The van der Waals surface area contributed by atoms with Crippen LogP contribution in [-0.4, -0.2) is 26.5 Å². The quantitative estimate of drug-likeness (QED) is 0.301. The molecule has 0 amide bonds. The maximum Gasteiger partial charge on any atom is 0.339 e. The van der Waals surface area contributed by atoms with Gasteiger partial charge in [-0.3, -0.25) is 4.79 Å². The Labute approximate surface area is 208 Å². The number of benzene rings is 3. The van der Waals surface area contributed by atoms with Gasteiger partial charge in [0.2, 0.25) is 0 Å². The molecule has 7 heteroatoms. The second-order valence-electron chi connectivity index (χ2n) is 9.52. The van der Waals surface area contributed by atoms with Gasteiger partial charge in [-0.25, -0.2) is 0 Å². The van der Waals surface area contributed by atoms with E-state index in [4.69, 9.17) is 8.92 Å². The van der Waals surface area contributed by atoms with Crippen molar-refractivity contribution in [3.05, 3.63) is 95.6 Å². The highest BCUT2D eigenvalue weighted by Crippen LogP contribution is 2.26. The molecule has 3 rings (SSSR count). The molecule has 0 fully saturated rings. The molecule has 1 atom stereocenters. The van der Waals surface area contributed by atoms with Gasteiger partial charge in [0.1, 0.15) is 16.2 Å². The van der Waals surface area contributed by atoms with Crippen LogP contribution in [0.4, 0.5) is 0 Å². The number of aryl methyl sites for hydroxylation is 1. The molecule has 0 spiro atoms. The van der Waals surface area contributed by atoms with Gasteiger partial charge in [-0.05, 0) is 63.1 Å². The summed E-state index contributed by atoms with van der Waals surface area (Å²) in [6, 6.07) is 23.3. The summed E-state index contributed by atoms with van der Waals surface area (Å²) >= 11 is 0. The van der Waals surface area contributed by atoms with E-state index in [9.17, 15) is 13.2 Å². The van der Waals surface area contributed by atoms with Crippen LogP contribution in [0.3, 0.4) is 0 Å². The molecule has 6 nitrogen and oxygen atoms in total. The van der Waals surface area contributed by atoms with E-state index >= 15 is 0 Å². The number of rotatable bonds is 10. The second-order valence-corrected chi connectivity index (χ2v) is 11.1. The van der Waals surface area contributed by atoms with Crippen LogP contribution in [0, 0.1) is 6.92 Å². The van der Waals surface area contributed by atoms with Crippen molar-refractivity contribution in [2.24, 2.45) is 0 Å². The van der Waals surface area contributed by atoms with E-state index in [0.717, 1.165) is 16.7 Å². The molecule has 0 bridgehead atoms. The zero-order valence-electron chi connectivity index (χ0n) is 20.7.